The van der Waals surface area contributed by atoms with Crippen LogP contribution in [0.5, 0.6) is 5.75 Å². The summed E-state index contributed by atoms with van der Waals surface area (Å²) in [6.07, 6.45) is -0.935. The monoisotopic (exact) mass is 818 g/mol. The number of rotatable bonds is 6. The smallest absolute Gasteiger partial charge is 0.437 e. The van der Waals surface area contributed by atoms with Crippen LogP contribution in [0.1, 0.15) is 71.2 Å². The first-order valence-corrected chi connectivity index (χ1v) is 20.2. The minimum absolute atomic E-state index is 0.0835. The fraction of sp³-hybridized carbons (Fsp3) is 0.500. The maximum absolute atomic E-state index is 14.2. The molecule has 17 heteroatoms. The lowest BCUT2D eigenvalue weighted by Gasteiger charge is -2.38. The van der Waals surface area contributed by atoms with Crippen molar-refractivity contribution in [2.75, 3.05) is 32.7 Å². The molecule has 2 aliphatic rings. The molecule has 3 aromatic rings. The number of nitrogens with zero attached hydrogens (tertiary/aromatic N) is 5. The highest BCUT2D eigenvalue weighted by Gasteiger charge is 2.43. The van der Waals surface area contributed by atoms with Crippen molar-refractivity contribution in [3.8, 4) is 5.75 Å². The van der Waals surface area contributed by atoms with Crippen molar-refractivity contribution in [3.05, 3.63) is 63.3 Å². The van der Waals surface area contributed by atoms with Gasteiger partial charge >= 0.3 is 12.2 Å². The summed E-state index contributed by atoms with van der Waals surface area (Å²) in [5, 5.41) is 3.60. The van der Waals surface area contributed by atoms with Gasteiger partial charge < -0.3 is 24.0 Å². The fourth-order valence-electron chi connectivity index (χ4n) is 6.42. The molecule has 0 aliphatic carbocycles. The van der Waals surface area contributed by atoms with Crippen LogP contribution in [-0.4, -0.2) is 102 Å². The number of benzene rings is 2. The van der Waals surface area contributed by atoms with Crippen LogP contribution in [0.2, 0.25) is 10.0 Å². The average Bonchev–Trinajstić information content (AvgIpc) is 3.57. The van der Waals surface area contributed by atoms with E-state index in [9.17, 15) is 22.8 Å². The zero-order chi connectivity index (χ0) is 40.5. The number of fused-ring (bicyclic) bond motifs is 1. The second-order valence-corrected chi connectivity index (χ2v) is 18.1. The van der Waals surface area contributed by atoms with Gasteiger partial charge in [0.15, 0.2) is 0 Å². The number of sulfonamides is 1. The standard InChI is InChI=1S/C38H48Cl2N6O8S/c1-23-21-24(2)41-32-25(23)11-9-13-29(32)52-22-26-27(39)14-15-30(31(26)40)55(50,51)46-16-10-12-28(46)33(47)44-17-19-45(20-18-44)34(42-35(48)53-37(3,4)5)43-36(49)54-38(6,7)8/h9,11,13-15,21,28H,10,12,16-20,22H2,1-8H3,(H,42,43,48,49). The zero-order valence-electron chi connectivity index (χ0n) is 32.4. The van der Waals surface area contributed by atoms with Crippen molar-refractivity contribution >= 4 is 68.2 Å². The molecule has 2 aliphatic heterocycles. The number of hydrogen-bond donors (Lipinski definition) is 1. The van der Waals surface area contributed by atoms with Crippen LogP contribution in [0.25, 0.3) is 10.9 Å². The Morgan fingerprint density at radius 3 is 2.24 bits per heavy atom. The van der Waals surface area contributed by atoms with Crippen LogP contribution in [-0.2, 0) is 30.9 Å². The number of carbonyl (C=O) groups excluding carboxylic acids is 3. The van der Waals surface area contributed by atoms with Crippen molar-refractivity contribution in [2.24, 2.45) is 4.99 Å². The van der Waals surface area contributed by atoms with Crippen molar-refractivity contribution in [3.63, 3.8) is 0 Å². The molecule has 1 atom stereocenters. The number of guanidine groups is 1. The lowest BCUT2D eigenvalue weighted by Crippen LogP contribution is -2.57. The highest BCUT2D eigenvalue weighted by Crippen LogP contribution is 2.37. The van der Waals surface area contributed by atoms with Crippen LogP contribution in [0, 0.1) is 13.8 Å². The Kier molecular flexibility index (Phi) is 12.6. The molecule has 1 N–H and O–H groups in total. The van der Waals surface area contributed by atoms with E-state index in [2.05, 4.69) is 15.3 Å². The maximum Gasteiger partial charge on any atom is 0.437 e. The summed E-state index contributed by atoms with van der Waals surface area (Å²) < 4.78 is 46.5. The third-order valence-electron chi connectivity index (χ3n) is 8.83. The molecule has 0 spiro atoms. The summed E-state index contributed by atoms with van der Waals surface area (Å²) in [4.78, 5) is 50.9. The van der Waals surface area contributed by atoms with E-state index in [1.165, 1.54) is 16.4 Å². The number of ether oxygens (including phenoxy) is 3. The number of piperazine rings is 1. The molecule has 3 heterocycles. The Hall–Kier alpha value is -4.18. The van der Waals surface area contributed by atoms with Gasteiger partial charge in [-0.3, -0.25) is 10.1 Å². The molecule has 5 rings (SSSR count). The first kappa shape index (κ1) is 42.0. The van der Waals surface area contributed by atoms with Crippen molar-refractivity contribution in [1.29, 1.82) is 0 Å². The largest absolute Gasteiger partial charge is 0.487 e. The molecule has 1 unspecified atom stereocenters. The van der Waals surface area contributed by atoms with E-state index >= 15 is 0 Å². The molecule has 2 aromatic carbocycles. The first-order valence-electron chi connectivity index (χ1n) is 18.0. The Bertz CT molecular complexity index is 2110. The summed E-state index contributed by atoms with van der Waals surface area (Å²) in [5.74, 6) is 0.0489. The second kappa shape index (κ2) is 16.5. The van der Waals surface area contributed by atoms with Crippen LogP contribution in [0.3, 0.4) is 0 Å². The number of pyridine rings is 1. The molecular weight excluding hydrogens is 771 g/mol. The molecule has 0 radical (unpaired) electrons. The van der Waals surface area contributed by atoms with Gasteiger partial charge in [-0.25, -0.2) is 23.0 Å². The normalized spacial score (nSPS) is 17.3. The lowest BCUT2D eigenvalue weighted by atomic mass is 10.1. The number of para-hydroxylation sites is 1. The summed E-state index contributed by atoms with van der Waals surface area (Å²) in [5.41, 5.74) is 1.19. The zero-order valence-corrected chi connectivity index (χ0v) is 34.7. The fourth-order valence-corrected chi connectivity index (χ4v) is 8.94. The maximum atomic E-state index is 14.2. The molecule has 2 saturated heterocycles. The van der Waals surface area contributed by atoms with E-state index in [1.54, 1.807) is 57.4 Å². The molecule has 2 fully saturated rings. The summed E-state index contributed by atoms with van der Waals surface area (Å²) in [7, 11) is -4.27. The van der Waals surface area contributed by atoms with Crippen LogP contribution in [0.15, 0.2) is 46.3 Å². The highest BCUT2D eigenvalue weighted by atomic mass is 35.5. The summed E-state index contributed by atoms with van der Waals surface area (Å²) >= 11 is 13.4. The van der Waals surface area contributed by atoms with Gasteiger partial charge in [-0.15, -0.1) is 4.99 Å². The van der Waals surface area contributed by atoms with Crippen molar-refractivity contribution in [2.45, 2.75) is 97.0 Å². The number of halogens is 2. The van der Waals surface area contributed by atoms with Gasteiger partial charge in [0.2, 0.25) is 21.9 Å². The number of aromatic nitrogens is 1. The number of hydrogen-bond acceptors (Lipinski definition) is 9. The third-order valence-corrected chi connectivity index (χ3v) is 11.7. The third kappa shape index (κ3) is 10.2. The number of aliphatic imine (C=N–C) groups is 1. The van der Waals surface area contributed by atoms with E-state index in [1.807, 2.05) is 32.0 Å². The number of aryl methyl sites for hydroxylation is 2. The summed E-state index contributed by atoms with van der Waals surface area (Å²) in [6.45, 7) is 14.8. The van der Waals surface area contributed by atoms with E-state index < -0.39 is 39.5 Å². The molecule has 298 valence electrons. The molecular formula is C38H48Cl2N6O8S. The Balaban J connectivity index is 1.31. The predicted octanol–water partition coefficient (Wildman–Crippen LogP) is 6.85. The quantitative estimate of drug-likeness (QED) is 0.206. The van der Waals surface area contributed by atoms with Gasteiger partial charge in [-0.2, -0.15) is 4.31 Å². The Labute approximate surface area is 332 Å². The van der Waals surface area contributed by atoms with E-state index in [-0.39, 0.29) is 71.7 Å². The molecule has 55 heavy (non-hydrogen) atoms. The van der Waals surface area contributed by atoms with Crippen LogP contribution < -0.4 is 10.1 Å². The van der Waals surface area contributed by atoms with E-state index in [4.69, 9.17) is 37.4 Å². The van der Waals surface area contributed by atoms with Crippen LogP contribution in [0.4, 0.5) is 9.59 Å². The van der Waals surface area contributed by atoms with E-state index in [0.717, 1.165) is 16.6 Å². The molecule has 0 bridgehead atoms. The van der Waals surface area contributed by atoms with Crippen molar-refractivity contribution < 1.29 is 37.0 Å². The van der Waals surface area contributed by atoms with Crippen molar-refractivity contribution in [1.82, 2.24) is 24.4 Å². The minimum Gasteiger partial charge on any atom is -0.487 e. The first-order chi connectivity index (χ1) is 25.6. The molecule has 0 saturated carbocycles. The highest BCUT2D eigenvalue weighted by molar-refractivity contribution is 7.89. The number of nitrogens with one attached hydrogen (secondary N) is 1. The molecule has 14 nitrogen and oxygen atoms in total. The second-order valence-electron chi connectivity index (χ2n) is 15.5. The Morgan fingerprint density at radius 2 is 1.58 bits per heavy atom. The Morgan fingerprint density at radius 1 is 0.927 bits per heavy atom. The topological polar surface area (TPSA) is 160 Å². The predicted molar refractivity (Wildman–Crippen MR) is 210 cm³/mol. The van der Waals surface area contributed by atoms with Gasteiger partial charge in [0.05, 0.1) is 5.02 Å². The number of alkyl carbamates (subject to hydrolysis) is 1. The van der Waals surface area contributed by atoms with Gasteiger partial charge in [-0.05, 0) is 98.1 Å². The molecule has 3 amide bonds. The SMILES string of the molecule is Cc1cc(C)c2cccc(OCc3c(Cl)ccc(S(=O)(=O)N4CCCC4C(=O)N4CCN(/C(=N/C(=O)OC(C)(C)C)NC(=O)OC(C)(C)C)CC4)c3Cl)c2n1. The van der Waals surface area contributed by atoms with Gasteiger partial charge in [0.25, 0.3) is 0 Å². The van der Waals surface area contributed by atoms with Crippen LogP contribution >= 0.6 is 23.2 Å². The minimum atomic E-state index is -4.27. The number of amides is 3. The van der Waals surface area contributed by atoms with Gasteiger partial charge in [0.1, 0.15) is 40.0 Å². The lowest BCUT2D eigenvalue weighted by molar-refractivity contribution is -0.135. The van der Waals surface area contributed by atoms with E-state index in [0.29, 0.717) is 24.1 Å². The number of carbonyl (C=O) groups is 3. The van der Waals surface area contributed by atoms with Gasteiger partial charge in [-0.1, -0.05) is 35.3 Å². The average molecular weight is 820 g/mol. The summed E-state index contributed by atoms with van der Waals surface area (Å²) in [6, 6.07) is 9.41. The molecule has 1 aromatic heterocycles. The van der Waals surface area contributed by atoms with Gasteiger partial charge in [0, 0.05) is 54.4 Å².